The molecule has 4 nitrogen and oxygen atoms in total. The number of hydrogen-bond donors (Lipinski definition) is 0. The van der Waals surface area contributed by atoms with E-state index in [1.54, 1.807) is 0 Å². The lowest BCUT2D eigenvalue weighted by molar-refractivity contribution is -0.00367. The summed E-state index contributed by atoms with van der Waals surface area (Å²) in [6.07, 6.45) is 4.36. The van der Waals surface area contributed by atoms with Gasteiger partial charge in [-0.2, -0.15) is 0 Å². The summed E-state index contributed by atoms with van der Waals surface area (Å²) in [6.45, 7) is 6.74. The predicted molar refractivity (Wildman–Crippen MR) is 164 cm³/mol. The number of fused-ring (bicyclic) bond motifs is 8. The topological polar surface area (TPSA) is 44.1 Å². The highest BCUT2D eigenvalue weighted by Crippen LogP contribution is 2.62. The first kappa shape index (κ1) is 24.0. The zero-order valence-electron chi connectivity index (χ0n) is 22.8. The van der Waals surface area contributed by atoms with Gasteiger partial charge in [0.15, 0.2) is 5.43 Å². The number of hydrogen-bond acceptors (Lipinski definition) is 4. The Hall–Kier alpha value is -3.83. The van der Waals surface area contributed by atoms with Crippen LogP contribution in [0.15, 0.2) is 100 Å². The second kappa shape index (κ2) is 8.34. The summed E-state index contributed by atoms with van der Waals surface area (Å²) in [5, 5.41) is 2.95. The van der Waals surface area contributed by atoms with Gasteiger partial charge in [-0.1, -0.05) is 66.4 Å². The minimum absolute atomic E-state index is 0.0447. The van der Waals surface area contributed by atoms with Crippen molar-refractivity contribution < 1.29 is 4.74 Å². The van der Waals surface area contributed by atoms with Gasteiger partial charge in [-0.3, -0.25) is 9.36 Å². The lowest BCUT2D eigenvalue weighted by Crippen LogP contribution is -2.52. The van der Waals surface area contributed by atoms with Crippen molar-refractivity contribution in [3.05, 3.63) is 112 Å². The Morgan fingerprint density at radius 3 is 2.55 bits per heavy atom. The summed E-state index contributed by atoms with van der Waals surface area (Å²) in [4.78, 5) is 19.6. The van der Waals surface area contributed by atoms with E-state index < -0.39 is 5.60 Å². The highest BCUT2D eigenvalue weighted by Gasteiger charge is 2.55. The maximum Gasteiger partial charge on any atom is 0.207 e. The summed E-state index contributed by atoms with van der Waals surface area (Å²) in [6, 6.07) is 28.8. The molecule has 3 aliphatic rings. The number of aromatic nitrogens is 2. The Kier molecular flexibility index (Phi) is 5.01. The fourth-order valence-corrected chi connectivity index (χ4v) is 8.62. The van der Waals surface area contributed by atoms with Crippen LogP contribution in [0.3, 0.4) is 0 Å². The quantitative estimate of drug-likeness (QED) is 0.214. The maximum atomic E-state index is 14.5. The molecule has 8 rings (SSSR count). The minimum atomic E-state index is -0.447. The zero-order valence-corrected chi connectivity index (χ0v) is 23.7. The molecule has 0 radical (unpaired) electrons. The molecular weight excluding hydrogens is 512 g/mol. The summed E-state index contributed by atoms with van der Waals surface area (Å²) in [5.41, 5.74) is 5.79. The number of pyridine rings is 2. The van der Waals surface area contributed by atoms with Crippen LogP contribution in [0.4, 0.5) is 0 Å². The van der Waals surface area contributed by atoms with E-state index in [1.807, 2.05) is 60.3 Å². The monoisotopic (exact) mass is 542 g/mol. The molecule has 3 atom stereocenters. The molecule has 2 aliphatic heterocycles. The third-order valence-corrected chi connectivity index (χ3v) is 10.7. The Morgan fingerprint density at radius 2 is 1.70 bits per heavy atom. The first-order valence-electron chi connectivity index (χ1n) is 14.1. The largest absolute Gasteiger partial charge is 0.472 e. The van der Waals surface area contributed by atoms with E-state index in [1.165, 1.54) is 5.57 Å². The van der Waals surface area contributed by atoms with Crippen molar-refractivity contribution in [1.29, 1.82) is 0 Å². The van der Waals surface area contributed by atoms with Crippen LogP contribution in [-0.2, 0) is 0 Å². The van der Waals surface area contributed by atoms with Crippen molar-refractivity contribution in [3.63, 3.8) is 0 Å². The molecule has 1 aliphatic carbocycles. The molecule has 198 valence electrons. The van der Waals surface area contributed by atoms with Crippen molar-refractivity contribution >= 4 is 39.6 Å². The average Bonchev–Trinajstić information content (AvgIpc) is 2.95. The van der Waals surface area contributed by atoms with Crippen LogP contribution in [0.1, 0.15) is 50.7 Å². The molecule has 2 aromatic heterocycles. The Balaban J connectivity index is 1.45. The van der Waals surface area contributed by atoms with Crippen LogP contribution in [0.25, 0.3) is 33.6 Å². The van der Waals surface area contributed by atoms with Crippen molar-refractivity contribution in [2.45, 2.75) is 54.9 Å². The lowest BCUT2D eigenvalue weighted by Gasteiger charge is -2.53. The summed E-state index contributed by atoms with van der Waals surface area (Å²) in [5.74, 6) is 0.823. The summed E-state index contributed by atoms with van der Waals surface area (Å²) in [7, 11) is 0. The third-order valence-electron chi connectivity index (χ3n) is 9.28. The number of ether oxygens (including phenoxy) is 1. The SMILES string of the molecule is CC12CCC3C(C1=Cc1cc4ccccc4nc1S2)c1c(n(-c2ccccc2)c2ccccc2c1=O)OC3(C)C. The minimum Gasteiger partial charge on any atom is -0.472 e. The number of rotatable bonds is 1. The number of nitrogens with zero attached hydrogens (tertiary/aromatic N) is 2. The molecule has 5 heteroatoms. The van der Waals surface area contributed by atoms with Gasteiger partial charge in [-0.15, -0.1) is 0 Å². The molecule has 3 aromatic carbocycles. The van der Waals surface area contributed by atoms with Crippen molar-refractivity contribution in [1.82, 2.24) is 9.55 Å². The van der Waals surface area contributed by atoms with Crippen LogP contribution in [0.2, 0.25) is 0 Å². The second-order valence-electron chi connectivity index (χ2n) is 12.1. The molecule has 0 saturated heterocycles. The summed E-state index contributed by atoms with van der Waals surface area (Å²) < 4.78 is 8.93. The highest BCUT2D eigenvalue weighted by atomic mass is 32.2. The van der Waals surface area contributed by atoms with Gasteiger partial charge in [0.2, 0.25) is 5.88 Å². The van der Waals surface area contributed by atoms with Crippen LogP contribution < -0.4 is 10.2 Å². The van der Waals surface area contributed by atoms with Crippen LogP contribution in [-0.4, -0.2) is 19.9 Å². The molecule has 0 N–H and O–H groups in total. The zero-order chi connectivity index (χ0) is 27.2. The first-order chi connectivity index (χ1) is 19.3. The maximum absolute atomic E-state index is 14.5. The van der Waals surface area contributed by atoms with E-state index in [0.717, 1.165) is 56.5 Å². The molecule has 4 heterocycles. The average molecular weight is 543 g/mol. The predicted octanol–water partition coefficient (Wildman–Crippen LogP) is 8.15. The number of thioether (sulfide) groups is 1. The summed E-state index contributed by atoms with van der Waals surface area (Å²) >= 11 is 1.87. The smallest absolute Gasteiger partial charge is 0.207 e. The van der Waals surface area contributed by atoms with E-state index in [9.17, 15) is 4.79 Å². The van der Waals surface area contributed by atoms with Crippen molar-refractivity contribution in [2.24, 2.45) is 5.92 Å². The molecule has 0 amide bonds. The van der Waals surface area contributed by atoms with Crippen LogP contribution in [0, 0.1) is 5.92 Å². The number of para-hydroxylation sites is 3. The Morgan fingerprint density at radius 1 is 0.950 bits per heavy atom. The van der Waals surface area contributed by atoms with Crippen LogP contribution in [0.5, 0.6) is 5.88 Å². The highest BCUT2D eigenvalue weighted by molar-refractivity contribution is 8.01. The Labute approximate surface area is 237 Å². The Bertz CT molecular complexity index is 1940. The molecule has 1 saturated carbocycles. The van der Waals surface area contributed by atoms with Crippen LogP contribution >= 0.6 is 11.8 Å². The van der Waals surface area contributed by atoms with Gasteiger partial charge in [0.1, 0.15) is 10.6 Å². The molecule has 40 heavy (non-hydrogen) atoms. The van der Waals surface area contributed by atoms with Gasteiger partial charge in [0.05, 0.1) is 16.6 Å². The standard InChI is InChI=1S/C35H30N2O2S/c1-34(2)25-17-18-35(3)26(20-22-19-21-11-7-9-15-27(21)36-32(22)40-35)29(25)30-31(38)24-14-8-10-16-28(24)37(33(30)39-34)23-12-5-4-6-13-23/h4-16,19-20,25,29H,17-18H2,1-3H3. The van der Waals surface area contributed by atoms with Gasteiger partial charge < -0.3 is 4.74 Å². The van der Waals surface area contributed by atoms with E-state index in [-0.39, 0.29) is 22.0 Å². The second-order valence-corrected chi connectivity index (χ2v) is 13.6. The normalized spacial score (nSPS) is 24.3. The number of benzene rings is 3. The van der Waals surface area contributed by atoms with E-state index in [2.05, 4.69) is 67.8 Å². The van der Waals surface area contributed by atoms with Crippen molar-refractivity contribution in [3.8, 4) is 11.6 Å². The van der Waals surface area contributed by atoms with Gasteiger partial charge in [-0.25, -0.2) is 4.98 Å². The fraction of sp³-hybridized carbons (Fsp3) is 0.257. The molecule has 0 bridgehead atoms. The molecule has 1 fully saturated rings. The third kappa shape index (κ3) is 3.34. The van der Waals surface area contributed by atoms with E-state index >= 15 is 0 Å². The lowest BCUT2D eigenvalue weighted by atomic mass is 9.61. The molecule has 5 aromatic rings. The van der Waals surface area contributed by atoms with Crippen molar-refractivity contribution in [2.75, 3.05) is 0 Å². The molecular formula is C35H30N2O2S. The molecule has 0 spiro atoms. The van der Waals surface area contributed by atoms with E-state index in [4.69, 9.17) is 9.72 Å². The van der Waals surface area contributed by atoms with Gasteiger partial charge in [0.25, 0.3) is 0 Å². The first-order valence-corrected chi connectivity index (χ1v) is 14.9. The van der Waals surface area contributed by atoms with Gasteiger partial charge >= 0.3 is 0 Å². The van der Waals surface area contributed by atoms with E-state index in [0.29, 0.717) is 5.88 Å². The van der Waals surface area contributed by atoms with Gasteiger partial charge in [0, 0.05) is 38.6 Å². The van der Waals surface area contributed by atoms with Gasteiger partial charge in [-0.05, 0) is 75.6 Å². The molecule has 3 unspecified atom stereocenters. The fourth-order valence-electron chi connectivity index (χ4n) is 7.29.